The predicted molar refractivity (Wildman–Crippen MR) is 206 cm³/mol. The van der Waals surface area contributed by atoms with Crippen molar-refractivity contribution in [2.75, 3.05) is 0 Å². The molecule has 0 amide bonds. The normalized spacial score (nSPS) is 11.6. The van der Waals surface area contributed by atoms with Crippen LogP contribution in [0, 0.1) is 0 Å². The van der Waals surface area contributed by atoms with Crippen LogP contribution in [-0.4, -0.2) is 0 Å². The molecule has 1 heteroatoms. The van der Waals surface area contributed by atoms with Gasteiger partial charge in [-0.05, 0) is 107 Å². The second kappa shape index (κ2) is 11.7. The van der Waals surface area contributed by atoms with Gasteiger partial charge in [0.2, 0.25) is 0 Å². The SMILES string of the molecule is c1ccc(P(c2ccccc2)c2ccc3c(-c4ccc5ccccc5c4)c4ccccc4c(-c4ccc5ccccc5c4)c3c2)cc1. The Morgan fingerprint density at radius 1 is 0.255 bits per heavy atom. The Labute approximate surface area is 276 Å². The molecule has 9 rings (SSSR count). The first-order chi connectivity index (χ1) is 23.3. The van der Waals surface area contributed by atoms with Gasteiger partial charge in [0.1, 0.15) is 0 Å². The molecule has 0 saturated carbocycles. The second-order valence-electron chi connectivity index (χ2n) is 12.2. The van der Waals surface area contributed by atoms with E-state index in [9.17, 15) is 0 Å². The maximum absolute atomic E-state index is 2.50. The van der Waals surface area contributed by atoms with Gasteiger partial charge in [-0.25, -0.2) is 0 Å². The molecule has 0 aliphatic rings. The minimum Gasteiger partial charge on any atom is -0.0622 e. The smallest absolute Gasteiger partial charge is 0.00259 e. The maximum atomic E-state index is 2.50. The highest BCUT2D eigenvalue weighted by Gasteiger charge is 2.21. The monoisotopic (exact) mass is 614 g/mol. The molecule has 0 unspecified atom stereocenters. The third-order valence-corrected chi connectivity index (χ3v) is 11.8. The zero-order chi connectivity index (χ0) is 31.2. The van der Waals surface area contributed by atoms with E-state index in [-0.39, 0.29) is 0 Å². The minimum atomic E-state index is -0.759. The lowest BCUT2D eigenvalue weighted by atomic mass is 9.85. The molecule has 0 nitrogen and oxygen atoms in total. The molecule has 0 N–H and O–H groups in total. The Kier molecular flexibility index (Phi) is 6.89. The van der Waals surface area contributed by atoms with Crippen LogP contribution in [0.1, 0.15) is 0 Å². The minimum absolute atomic E-state index is 0.759. The fraction of sp³-hybridized carbons (Fsp3) is 0. The van der Waals surface area contributed by atoms with E-state index in [1.165, 1.54) is 81.3 Å². The highest BCUT2D eigenvalue weighted by molar-refractivity contribution is 7.79. The molecule has 0 aromatic heterocycles. The summed E-state index contributed by atoms with van der Waals surface area (Å²) >= 11 is 0. The molecule has 47 heavy (non-hydrogen) atoms. The maximum Gasteiger partial charge on any atom is -0.00259 e. The van der Waals surface area contributed by atoms with Crippen LogP contribution in [0.5, 0.6) is 0 Å². The number of hydrogen-bond donors (Lipinski definition) is 0. The van der Waals surface area contributed by atoms with Gasteiger partial charge in [-0.15, -0.1) is 0 Å². The summed E-state index contributed by atoms with van der Waals surface area (Å²) < 4.78 is 0. The van der Waals surface area contributed by atoms with Crippen LogP contribution in [0.25, 0.3) is 65.3 Å². The van der Waals surface area contributed by atoms with Crippen molar-refractivity contribution >= 4 is 66.9 Å². The van der Waals surface area contributed by atoms with E-state index in [1.54, 1.807) is 0 Å². The Bertz CT molecular complexity index is 2530. The predicted octanol–water partition coefficient (Wildman–Crippen LogP) is 11.4. The van der Waals surface area contributed by atoms with Gasteiger partial charge in [-0.3, -0.25) is 0 Å². The van der Waals surface area contributed by atoms with Gasteiger partial charge in [0.15, 0.2) is 0 Å². The summed E-state index contributed by atoms with van der Waals surface area (Å²) in [6.07, 6.45) is 0. The van der Waals surface area contributed by atoms with E-state index in [4.69, 9.17) is 0 Å². The van der Waals surface area contributed by atoms with Crippen LogP contribution in [-0.2, 0) is 0 Å². The zero-order valence-electron chi connectivity index (χ0n) is 25.8. The van der Waals surface area contributed by atoms with Crippen molar-refractivity contribution < 1.29 is 0 Å². The fourth-order valence-corrected chi connectivity index (χ4v) is 9.54. The van der Waals surface area contributed by atoms with Crippen LogP contribution < -0.4 is 15.9 Å². The Hall–Kier alpha value is -5.55. The van der Waals surface area contributed by atoms with Gasteiger partial charge >= 0.3 is 0 Å². The van der Waals surface area contributed by atoms with Crippen molar-refractivity contribution in [1.82, 2.24) is 0 Å². The standard InChI is InChI=1S/C46H31P/c1-3-17-38(18-4-1)47(39-19-5-2-6-20-39)40-27-28-43-44(31-40)46(37-26-24-33-14-8-10-16-35(33)30-37)42-22-12-11-21-41(42)45(43)36-25-23-32-13-7-9-15-34(32)29-36/h1-31H. The molecule has 220 valence electrons. The first kappa shape index (κ1) is 27.7. The molecular weight excluding hydrogens is 583 g/mol. The Balaban J connectivity index is 1.40. The highest BCUT2D eigenvalue weighted by atomic mass is 31.1. The van der Waals surface area contributed by atoms with Gasteiger partial charge in [-0.2, -0.15) is 0 Å². The van der Waals surface area contributed by atoms with Crippen LogP contribution in [0.4, 0.5) is 0 Å². The summed E-state index contributed by atoms with van der Waals surface area (Å²) in [5.41, 5.74) is 5.08. The van der Waals surface area contributed by atoms with E-state index in [1.807, 2.05) is 0 Å². The summed E-state index contributed by atoms with van der Waals surface area (Å²) in [5.74, 6) is 0. The summed E-state index contributed by atoms with van der Waals surface area (Å²) in [7, 11) is -0.759. The van der Waals surface area contributed by atoms with Gasteiger partial charge < -0.3 is 0 Å². The van der Waals surface area contributed by atoms with Crippen LogP contribution in [0.15, 0.2) is 188 Å². The summed E-state index contributed by atoms with van der Waals surface area (Å²) in [5, 5.41) is 14.2. The van der Waals surface area contributed by atoms with Crippen molar-refractivity contribution in [1.29, 1.82) is 0 Å². The molecule has 0 heterocycles. The molecule has 0 aliphatic carbocycles. The van der Waals surface area contributed by atoms with Gasteiger partial charge in [-0.1, -0.05) is 170 Å². The number of hydrogen-bond acceptors (Lipinski definition) is 0. The third-order valence-electron chi connectivity index (χ3n) is 9.37. The molecule has 0 fully saturated rings. The molecule has 0 atom stereocenters. The van der Waals surface area contributed by atoms with Crippen LogP contribution >= 0.6 is 7.92 Å². The van der Waals surface area contributed by atoms with Crippen molar-refractivity contribution in [3.8, 4) is 22.3 Å². The summed E-state index contributed by atoms with van der Waals surface area (Å²) in [4.78, 5) is 0. The highest BCUT2D eigenvalue weighted by Crippen LogP contribution is 2.45. The molecule has 0 aliphatic heterocycles. The van der Waals surface area contributed by atoms with Crippen LogP contribution in [0.2, 0.25) is 0 Å². The summed E-state index contributed by atoms with van der Waals surface area (Å²) in [6, 6.07) is 69.5. The third kappa shape index (κ3) is 4.90. The van der Waals surface area contributed by atoms with Gasteiger partial charge in [0.05, 0.1) is 0 Å². The average molecular weight is 615 g/mol. The first-order valence-corrected chi connectivity index (χ1v) is 17.5. The number of benzene rings is 9. The van der Waals surface area contributed by atoms with Gasteiger partial charge in [0, 0.05) is 0 Å². The Morgan fingerprint density at radius 2 is 0.681 bits per heavy atom. The first-order valence-electron chi connectivity index (χ1n) is 16.2. The molecule has 0 radical (unpaired) electrons. The fourth-order valence-electron chi connectivity index (χ4n) is 7.22. The van der Waals surface area contributed by atoms with Crippen molar-refractivity contribution in [3.05, 3.63) is 188 Å². The van der Waals surface area contributed by atoms with Crippen molar-refractivity contribution in [3.63, 3.8) is 0 Å². The summed E-state index contributed by atoms with van der Waals surface area (Å²) in [6.45, 7) is 0. The largest absolute Gasteiger partial charge is 0.0622 e. The van der Waals surface area contributed by atoms with E-state index < -0.39 is 7.92 Å². The lowest BCUT2D eigenvalue weighted by Crippen LogP contribution is -2.20. The topological polar surface area (TPSA) is 0 Å². The lowest BCUT2D eigenvalue weighted by Gasteiger charge is -2.23. The van der Waals surface area contributed by atoms with E-state index in [0.717, 1.165) is 0 Å². The van der Waals surface area contributed by atoms with E-state index in [2.05, 4.69) is 188 Å². The molecule has 0 bridgehead atoms. The second-order valence-corrected chi connectivity index (χ2v) is 14.4. The van der Waals surface area contributed by atoms with Crippen LogP contribution in [0.3, 0.4) is 0 Å². The average Bonchev–Trinajstić information content (AvgIpc) is 3.14. The molecule has 0 saturated heterocycles. The van der Waals surface area contributed by atoms with E-state index in [0.29, 0.717) is 0 Å². The molecular formula is C46H31P. The van der Waals surface area contributed by atoms with E-state index >= 15 is 0 Å². The molecule has 9 aromatic rings. The molecule has 0 spiro atoms. The Morgan fingerprint density at radius 3 is 1.21 bits per heavy atom. The quantitative estimate of drug-likeness (QED) is 0.134. The number of rotatable bonds is 5. The molecule has 9 aromatic carbocycles. The van der Waals surface area contributed by atoms with Crippen molar-refractivity contribution in [2.24, 2.45) is 0 Å². The van der Waals surface area contributed by atoms with Crippen molar-refractivity contribution in [2.45, 2.75) is 0 Å². The number of fused-ring (bicyclic) bond motifs is 4. The zero-order valence-corrected chi connectivity index (χ0v) is 26.7. The van der Waals surface area contributed by atoms with Gasteiger partial charge in [0.25, 0.3) is 0 Å². The lowest BCUT2D eigenvalue weighted by molar-refractivity contribution is 1.68.